The van der Waals surface area contributed by atoms with Crippen LogP contribution < -0.4 is 10.2 Å². The molecule has 4 aromatic rings. The van der Waals surface area contributed by atoms with Gasteiger partial charge >= 0.3 is 0 Å². The number of thioether (sulfide) groups is 1. The molecule has 38 heavy (non-hydrogen) atoms. The number of aryl methyl sites for hydroxylation is 1. The van der Waals surface area contributed by atoms with E-state index in [4.69, 9.17) is 5.10 Å². The van der Waals surface area contributed by atoms with Gasteiger partial charge in [-0.1, -0.05) is 54.6 Å². The Bertz CT molecular complexity index is 1520. The average molecular weight is 527 g/mol. The number of anilines is 1. The minimum atomic E-state index is -0.366. The molecule has 1 saturated carbocycles. The van der Waals surface area contributed by atoms with Gasteiger partial charge in [0, 0.05) is 17.2 Å². The molecule has 6 nitrogen and oxygen atoms in total. The van der Waals surface area contributed by atoms with Crippen LogP contribution in [0.5, 0.6) is 0 Å². The first-order chi connectivity index (χ1) is 18.5. The monoisotopic (exact) mass is 526 g/mol. The number of carbonyl (C=O) groups excluding carboxylic acids is 2. The molecule has 1 aromatic heterocycles. The third-order valence-corrected chi connectivity index (χ3v) is 8.03. The Labute approximate surface area is 224 Å². The number of hydrogen-bond acceptors (Lipinski definition) is 4. The van der Waals surface area contributed by atoms with Crippen LogP contribution in [0.15, 0.2) is 78.9 Å². The molecule has 1 aliphatic carbocycles. The summed E-state index contributed by atoms with van der Waals surface area (Å²) in [5.41, 5.74) is 4.95. The van der Waals surface area contributed by atoms with E-state index in [1.165, 1.54) is 23.9 Å². The van der Waals surface area contributed by atoms with Gasteiger partial charge < -0.3 is 5.32 Å². The summed E-state index contributed by atoms with van der Waals surface area (Å²) in [6.45, 7) is 1.89. The minimum absolute atomic E-state index is 0.107. The number of nitrogens with zero attached hydrogens (tertiary/aromatic N) is 3. The summed E-state index contributed by atoms with van der Waals surface area (Å²) >= 11 is 1.43. The fourth-order valence-electron chi connectivity index (χ4n) is 4.85. The topological polar surface area (TPSA) is 67.2 Å². The van der Waals surface area contributed by atoms with Crippen LogP contribution in [-0.2, 0) is 9.59 Å². The number of halogens is 1. The molecule has 0 spiro atoms. The van der Waals surface area contributed by atoms with Crippen LogP contribution in [0.2, 0.25) is 0 Å². The first-order valence-electron chi connectivity index (χ1n) is 12.7. The highest BCUT2D eigenvalue weighted by molar-refractivity contribution is 8.00. The fraction of sp³-hybridized carbons (Fsp3) is 0.233. The molecule has 6 rings (SSSR count). The predicted octanol–water partition coefficient (Wildman–Crippen LogP) is 5.43. The maximum atomic E-state index is 14.4. The van der Waals surface area contributed by atoms with E-state index in [0.717, 1.165) is 40.8 Å². The second-order valence-corrected chi connectivity index (χ2v) is 10.9. The van der Waals surface area contributed by atoms with Gasteiger partial charge in [-0.3, -0.25) is 14.5 Å². The summed E-state index contributed by atoms with van der Waals surface area (Å²) in [5.74, 6) is -0.0270. The number of aromatic nitrogens is 2. The number of benzene rings is 3. The molecule has 192 valence electrons. The maximum absolute atomic E-state index is 14.4. The van der Waals surface area contributed by atoms with Gasteiger partial charge in [0.1, 0.15) is 18.2 Å². The second-order valence-electron chi connectivity index (χ2n) is 9.77. The molecule has 1 N–H and O–H groups in total. The van der Waals surface area contributed by atoms with E-state index in [1.807, 2.05) is 67.6 Å². The fourth-order valence-corrected chi connectivity index (χ4v) is 6.03. The molecular formula is C30H27FN4O2S. The largest absolute Gasteiger partial charge is 0.352 e. The van der Waals surface area contributed by atoms with Gasteiger partial charge in [0.05, 0.1) is 22.4 Å². The lowest BCUT2D eigenvalue weighted by Gasteiger charge is -2.23. The smallest absolute Gasteiger partial charge is 0.240 e. The standard InChI is InChI=1S/C30H27FN4O2S/c1-19-7-5-12-24(15-19)35-30-27(28(33-35)20-8-3-2-4-9-20)29(21-10-6-11-22(31)16-21)38-18-26(37)34(30)17-25(36)32-23-13-14-23/h2-12,15-16,23,29H,13-14,17-18H2,1H3,(H,32,36). The molecule has 0 saturated heterocycles. The van der Waals surface area contributed by atoms with Gasteiger partial charge in [0.2, 0.25) is 11.8 Å². The average Bonchev–Trinajstić information content (AvgIpc) is 3.66. The first-order valence-corrected chi connectivity index (χ1v) is 13.7. The van der Waals surface area contributed by atoms with E-state index >= 15 is 0 Å². The highest BCUT2D eigenvalue weighted by Gasteiger charge is 2.38. The van der Waals surface area contributed by atoms with E-state index in [0.29, 0.717) is 11.5 Å². The highest BCUT2D eigenvalue weighted by atomic mass is 32.2. The van der Waals surface area contributed by atoms with Crippen molar-refractivity contribution in [3.05, 3.63) is 101 Å². The molecule has 2 aliphatic rings. The number of carbonyl (C=O) groups is 2. The number of amides is 2. The van der Waals surface area contributed by atoms with Crippen LogP contribution in [0.1, 0.15) is 34.8 Å². The summed E-state index contributed by atoms with van der Waals surface area (Å²) in [5, 5.41) is 7.71. The van der Waals surface area contributed by atoms with Crippen molar-refractivity contribution in [3.8, 4) is 16.9 Å². The van der Waals surface area contributed by atoms with Gasteiger partial charge in [-0.15, -0.1) is 11.8 Å². The van der Waals surface area contributed by atoms with Crippen LogP contribution >= 0.6 is 11.8 Å². The Morgan fingerprint density at radius 1 is 1.05 bits per heavy atom. The third kappa shape index (κ3) is 4.84. The van der Waals surface area contributed by atoms with Gasteiger partial charge in [-0.2, -0.15) is 5.10 Å². The molecule has 1 unspecified atom stereocenters. The van der Waals surface area contributed by atoms with Crippen LogP contribution in [-0.4, -0.2) is 39.9 Å². The van der Waals surface area contributed by atoms with Gasteiger partial charge in [0.25, 0.3) is 0 Å². The van der Waals surface area contributed by atoms with E-state index in [9.17, 15) is 14.0 Å². The Morgan fingerprint density at radius 3 is 2.58 bits per heavy atom. The lowest BCUT2D eigenvalue weighted by atomic mass is 9.99. The number of fused-ring (bicyclic) bond motifs is 1. The molecule has 1 aliphatic heterocycles. The Hall–Kier alpha value is -3.91. The molecule has 1 fully saturated rings. The molecule has 8 heteroatoms. The Balaban J connectivity index is 1.61. The molecule has 2 heterocycles. The Kier molecular flexibility index (Phi) is 6.49. The Morgan fingerprint density at radius 2 is 1.84 bits per heavy atom. The SMILES string of the molecule is Cc1cccc(-n2nc(-c3ccccc3)c3c2N(CC(=O)NC2CC2)C(=O)CSC3c2cccc(F)c2)c1. The normalized spacial score (nSPS) is 17.2. The summed E-state index contributed by atoms with van der Waals surface area (Å²) in [6, 6.07) is 24.4. The van der Waals surface area contributed by atoms with E-state index in [-0.39, 0.29) is 41.2 Å². The zero-order valence-corrected chi connectivity index (χ0v) is 21.7. The van der Waals surface area contributed by atoms with Crippen molar-refractivity contribution in [2.24, 2.45) is 0 Å². The zero-order valence-electron chi connectivity index (χ0n) is 20.9. The second kappa shape index (κ2) is 10.1. The summed E-state index contributed by atoms with van der Waals surface area (Å²) in [7, 11) is 0. The van der Waals surface area contributed by atoms with Crippen LogP contribution in [0.3, 0.4) is 0 Å². The minimum Gasteiger partial charge on any atom is -0.352 e. The van der Waals surface area contributed by atoms with Gasteiger partial charge in [0.15, 0.2) is 0 Å². The van der Waals surface area contributed by atoms with Crippen LogP contribution in [0, 0.1) is 12.7 Å². The molecule has 0 bridgehead atoms. The maximum Gasteiger partial charge on any atom is 0.240 e. The molecule has 0 radical (unpaired) electrons. The predicted molar refractivity (Wildman–Crippen MR) is 148 cm³/mol. The lowest BCUT2D eigenvalue weighted by Crippen LogP contribution is -2.43. The van der Waals surface area contributed by atoms with Crippen LogP contribution in [0.4, 0.5) is 10.2 Å². The van der Waals surface area contributed by atoms with Gasteiger partial charge in [-0.25, -0.2) is 9.07 Å². The van der Waals surface area contributed by atoms with Crippen molar-refractivity contribution in [1.29, 1.82) is 0 Å². The molecule has 2 amide bonds. The van der Waals surface area contributed by atoms with Crippen molar-refractivity contribution >= 4 is 29.4 Å². The molecule has 3 aromatic carbocycles. The summed E-state index contributed by atoms with van der Waals surface area (Å²) < 4.78 is 16.2. The number of nitrogens with one attached hydrogen (secondary N) is 1. The van der Waals surface area contributed by atoms with E-state index in [2.05, 4.69) is 5.32 Å². The zero-order chi connectivity index (χ0) is 26.2. The number of hydrogen-bond donors (Lipinski definition) is 1. The molecular weight excluding hydrogens is 499 g/mol. The van der Waals surface area contributed by atoms with Crippen molar-refractivity contribution in [2.75, 3.05) is 17.2 Å². The van der Waals surface area contributed by atoms with Crippen molar-refractivity contribution < 1.29 is 14.0 Å². The van der Waals surface area contributed by atoms with Gasteiger partial charge in [-0.05, 0) is 55.2 Å². The highest BCUT2D eigenvalue weighted by Crippen LogP contribution is 2.48. The molecule has 1 atom stereocenters. The third-order valence-electron chi connectivity index (χ3n) is 6.78. The van der Waals surface area contributed by atoms with Crippen LogP contribution in [0.25, 0.3) is 16.9 Å². The van der Waals surface area contributed by atoms with E-state index in [1.54, 1.807) is 15.6 Å². The number of rotatable bonds is 6. The summed E-state index contributed by atoms with van der Waals surface area (Å²) in [6.07, 6.45) is 1.92. The van der Waals surface area contributed by atoms with Crippen molar-refractivity contribution in [3.63, 3.8) is 0 Å². The quantitative estimate of drug-likeness (QED) is 0.364. The summed E-state index contributed by atoms with van der Waals surface area (Å²) in [4.78, 5) is 28.2. The van der Waals surface area contributed by atoms with E-state index < -0.39 is 0 Å². The van der Waals surface area contributed by atoms with Crippen molar-refractivity contribution in [2.45, 2.75) is 31.1 Å². The first kappa shape index (κ1) is 24.4. The lowest BCUT2D eigenvalue weighted by molar-refractivity contribution is -0.123. The van der Waals surface area contributed by atoms with Crippen molar-refractivity contribution in [1.82, 2.24) is 15.1 Å².